The number of rotatable bonds is 8. The van der Waals surface area contributed by atoms with E-state index in [9.17, 15) is 4.21 Å². The Bertz CT molecular complexity index is 824. The Balaban J connectivity index is 2.10. The molecule has 0 amide bonds. The third-order valence-corrected chi connectivity index (χ3v) is 6.10. The summed E-state index contributed by atoms with van der Waals surface area (Å²) in [4.78, 5) is 4.57. The van der Waals surface area contributed by atoms with Crippen LogP contribution in [0.15, 0.2) is 33.7 Å². The van der Waals surface area contributed by atoms with Gasteiger partial charge in [0.15, 0.2) is 17.3 Å². The lowest BCUT2D eigenvalue weighted by molar-refractivity contribution is 0.336. The van der Waals surface area contributed by atoms with Crippen LogP contribution in [0, 0.1) is 0 Å². The minimum atomic E-state index is -0.917. The third kappa shape index (κ3) is 5.99. The Morgan fingerprint density at radius 1 is 1.32 bits per heavy atom. The van der Waals surface area contributed by atoms with E-state index in [4.69, 9.17) is 9.15 Å². The van der Waals surface area contributed by atoms with Crippen molar-refractivity contribution in [1.29, 1.82) is 0 Å². The van der Waals surface area contributed by atoms with Gasteiger partial charge in [0.2, 0.25) is 0 Å². The summed E-state index contributed by atoms with van der Waals surface area (Å²) < 4.78 is 23.7. The van der Waals surface area contributed by atoms with Crippen LogP contribution in [0.5, 0.6) is 5.75 Å². The number of para-hydroxylation sites is 1. The molecule has 6 nitrogen and oxygen atoms in total. The molecular formula is C21H33N3O3S. The molecule has 1 aromatic carbocycles. The number of benzene rings is 1. The Hall–Kier alpha value is -2.02. The van der Waals surface area contributed by atoms with Crippen LogP contribution < -0.4 is 15.4 Å². The van der Waals surface area contributed by atoms with Gasteiger partial charge < -0.3 is 19.8 Å². The van der Waals surface area contributed by atoms with Crippen LogP contribution >= 0.6 is 0 Å². The predicted molar refractivity (Wildman–Crippen MR) is 118 cm³/mol. The quantitative estimate of drug-likeness (QED) is 0.511. The average molecular weight is 408 g/mol. The van der Waals surface area contributed by atoms with Gasteiger partial charge in [0, 0.05) is 33.2 Å². The summed E-state index contributed by atoms with van der Waals surface area (Å²) in [5.41, 5.74) is 0.760. The molecule has 0 radical (unpaired) electrons. The first-order chi connectivity index (χ1) is 13.3. The van der Waals surface area contributed by atoms with E-state index in [0.29, 0.717) is 24.9 Å². The standard InChI is InChI=1S/C21H33N3O3S/c1-7-22-20(23-12-13-28(25)21(4,5)6)24-15(3)18-14-16-10-9-11-17(26-8-2)19(16)27-18/h9-11,14-15H,7-8,12-13H2,1-6H3,(H2,22,23,24). The molecule has 1 aromatic heterocycles. The van der Waals surface area contributed by atoms with E-state index in [2.05, 4.69) is 15.6 Å². The van der Waals surface area contributed by atoms with E-state index in [0.717, 1.165) is 29.0 Å². The van der Waals surface area contributed by atoms with Gasteiger partial charge in [0.1, 0.15) is 5.76 Å². The molecule has 1 heterocycles. The maximum Gasteiger partial charge on any atom is 0.191 e. The smallest absolute Gasteiger partial charge is 0.191 e. The van der Waals surface area contributed by atoms with E-state index in [1.54, 1.807) is 0 Å². The van der Waals surface area contributed by atoms with E-state index in [1.165, 1.54) is 0 Å². The molecule has 0 saturated heterocycles. The number of ether oxygens (including phenoxy) is 1. The third-order valence-electron chi connectivity index (χ3n) is 4.18. The summed E-state index contributed by atoms with van der Waals surface area (Å²) in [7, 11) is -0.917. The first-order valence-corrected chi connectivity index (χ1v) is 11.2. The van der Waals surface area contributed by atoms with Crippen LogP contribution in [0.25, 0.3) is 11.0 Å². The first kappa shape index (κ1) is 22.3. The maximum atomic E-state index is 12.2. The minimum Gasteiger partial charge on any atom is -0.490 e. The number of guanidine groups is 1. The van der Waals surface area contributed by atoms with Crippen LogP contribution in [0.2, 0.25) is 0 Å². The molecule has 156 valence electrons. The summed E-state index contributed by atoms with van der Waals surface area (Å²) >= 11 is 0. The molecule has 2 aromatic rings. The number of nitrogens with zero attached hydrogens (tertiary/aromatic N) is 1. The Morgan fingerprint density at radius 3 is 2.71 bits per heavy atom. The first-order valence-electron chi connectivity index (χ1n) is 9.84. The van der Waals surface area contributed by atoms with Gasteiger partial charge in [0.25, 0.3) is 0 Å². The number of nitrogens with one attached hydrogen (secondary N) is 2. The van der Waals surface area contributed by atoms with Crippen molar-refractivity contribution in [3.05, 3.63) is 30.0 Å². The van der Waals surface area contributed by atoms with Crippen molar-refractivity contribution in [3.8, 4) is 5.75 Å². The van der Waals surface area contributed by atoms with Crippen LogP contribution in [0.3, 0.4) is 0 Å². The fraction of sp³-hybridized carbons (Fsp3) is 0.571. The molecule has 2 N–H and O–H groups in total. The van der Waals surface area contributed by atoms with Gasteiger partial charge >= 0.3 is 0 Å². The van der Waals surface area contributed by atoms with Crippen molar-refractivity contribution >= 4 is 27.7 Å². The summed E-state index contributed by atoms with van der Waals surface area (Å²) in [6.07, 6.45) is 0. The number of hydrogen-bond donors (Lipinski definition) is 2. The lowest BCUT2D eigenvalue weighted by Crippen LogP contribution is -2.39. The van der Waals surface area contributed by atoms with Crippen LogP contribution in [0.4, 0.5) is 0 Å². The molecule has 2 atom stereocenters. The Morgan fingerprint density at radius 2 is 2.07 bits per heavy atom. The molecule has 0 saturated carbocycles. The Kier molecular flexibility index (Phi) is 7.92. The SMILES string of the molecule is CCNC(=NCCS(=O)C(C)(C)C)NC(C)c1cc2cccc(OCC)c2o1. The lowest BCUT2D eigenvalue weighted by atomic mass is 10.2. The molecule has 0 aliphatic heterocycles. The molecule has 0 bridgehead atoms. The minimum absolute atomic E-state index is 0.0761. The van der Waals surface area contributed by atoms with E-state index >= 15 is 0 Å². The average Bonchev–Trinajstić information content (AvgIpc) is 3.06. The van der Waals surface area contributed by atoms with E-state index in [-0.39, 0.29) is 10.8 Å². The highest BCUT2D eigenvalue weighted by Gasteiger charge is 2.19. The number of fused-ring (bicyclic) bond motifs is 1. The molecule has 2 rings (SSSR count). The summed E-state index contributed by atoms with van der Waals surface area (Å²) in [5.74, 6) is 2.79. The lowest BCUT2D eigenvalue weighted by Gasteiger charge is -2.18. The van der Waals surface area contributed by atoms with Gasteiger partial charge in [-0.3, -0.25) is 9.20 Å². The van der Waals surface area contributed by atoms with Gasteiger partial charge in [-0.25, -0.2) is 0 Å². The van der Waals surface area contributed by atoms with E-state index < -0.39 is 10.8 Å². The van der Waals surface area contributed by atoms with Crippen molar-refractivity contribution < 1.29 is 13.4 Å². The van der Waals surface area contributed by atoms with Crippen LogP contribution in [-0.4, -0.2) is 40.4 Å². The zero-order valence-electron chi connectivity index (χ0n) is 17.8. The number of hydrogen-bond acceptors (Lipinski definition) is 4. The predicted octanol–water partition coefficient (Wildman–Crippen LogP) is 3.99. The molecule has 0 aliphatic carbocycles. The summed E-state index contributed by atoms with van der Waals surface area (Å²) in [6.45, 7) is 13.8. The zero-order chi connectivity index (χ0) is 20.7. The maximum absolute atomic E-state index is 12.2. The molecule has 2 unspecified atom stereocenters. The normalized spacial score (nSPS) is 14.7. The van der Waals surface area contributed by atoms with Gasteiger partial charge in [-0.05, 0) is 53.7 Å². The largest absolute Gasteiger partial charge is 0.490 e. The van der Waals surface area contributed by atoms with Crippen molar-refractivity contribution in [2.24, 2.45) is 4.99 Å². The molecule has 0 aliphatic rings. The summed E-state index contributed by atoms with van der Waals surface area (Å²) in [6, 6.07) is 7.84. The van der Waals surface area contributed by atoms with Gasteiger partial charge in [-0.15, -0.1) is 0 Å². The van der Waals surface area contributed by atoms with Crippen molar-refractivity contribution in [2.75, 3.05) is 25.4 Å². The van der Waals surface area contributed by atoms with Crippen LogP contribution in [-0.2, 0) is 10.8 Å². The number of furan rings is 1. The second-order valence-corrected chi connectivity index (χ2v) is 9.87. The molecule has 7 heteroatoms. The van der Waals surface area contributed by atoms with Gasteiger partial charge in [-0.2, -0.15) is 0 Å². The van der Waals surface area contributed by atoms with Crippen LogP contribution in [0.1, 0.15) is 53.3 Å². The highest BCUT2D eigenvalue weighted by molar-refractivity contribution is 7.86. The van der Waals surface area contributed by atoms with E-state index in [1.807, 2.05) is 65.8 Å². The Labute approximate surface area is 170 Å². The van der Waals surface area contributed by atoms with Crippen molar-refractivity contribution in [3.63, 3.8) is 0 Å². The highest BCUT2D eigenvalue weighted by atomic mass is 32.2. The highest BCUT2D eigenvalue weighted by Crippen LogP contribution is 2.31. The molecule has 0 spiro atoms. The second kappa shape index (κ2) is 9.96. The topological polar surface area (TPSA) is 75.9 Å². The fourth-order valence-corrected chi connectivity index (χ4v) is 3.55. The molecule has 28 heavy (non-hydrogen) atoms. The zero-order valence-corrected chi connectivity index (χ0v) is 18.6. The number of aliphatic imine (C=N–C) groups is 1. The van der Waals surface area contributed by atoms with Crippen molar-refractivity contribution in [1.82, 2.24) is 10.6 Å². The molecular weight excluding hydrogens is 374 g/mol. The second-order valence-electron chi connectivity index (χ2n) is 7.54. The van der Waals surface area contributed by atoms with Gasteiger partial charge in [-0.1, -0.05) is 12.1 Å². The summed E-state index contributed by atoms with van der Waals surface area (Å²) in [5, 5.41) is 7.61. The van der Waals surface area contributed by atoms with Crippen molar-refractivity contribution in [2.45, 2.75) is 52.3 Å². The fourth-order valence-electron chi connectivity index (χ4n) is 2.68. The monoisotopic (exact) mass is 407 g/mol. The van der Waals surface area contributed by atoms with Gasteiger partial charge in [0.05, 0.1) is 19.2 Å². The molecule has 0 fully saturated rings.